The first kappa shape index (κ1) is 10.8. The lowest BCUT2D eigenvalue weighted by molar-refractivity contribution is 0.788. The van der Waals surface area contributed by atoms with Gasteiger partial charge in [0.25, 0.3) is 0 Å². The van der Waals surface area contributed by atoms with Gasteiger partial charge in [0.05, 0.1) is 6.20 Å². The Morgan fingerprint density at radius 3 is 2.81 bits per heavy atom. The van der Waals surface area contributed by atoms with Gasteiger partial charge in [-0.3, -0.25) is 0 Å². The van der Waals surface area contributed by atoms with Gasteiger partial charge in [0.2, 0.25) is 0 Å². The number of nitrogens with one attached hydrogen (secondary N) is 1. The van der Waals surface area contributed by atoms with Crippen LogP contribution >= 0.6 is 0 Å². The summed E-state index contributed by atoms with van der Waals surface area (Å²) < 4.78 is 1.83. The smallest absolute Gasteiger partial charge is 0.157 e. The largest absolute Gasteiger partial charge is 0.316 e. The lowest BCUT2D eigenvalue weighted by Gasteiger charge is -2.04. The fraction of sp³-hybridized carbons (Fsp3) is 0.364. The number of aromatic nitrogens is 4. The van der Waals surface area contributed by atoms with Gasteiger partial charge in [-0.1, -0.05) is 0 Å². The van der Waals surface area contributed by atoms with E-state index in [1.807, 2.05) is 37.8 Å². The molecule has 5 nitrogen and oxygen atoms in total. The summed E-state index contributed by atoms with van der Waals surface area (Å²) in [5, 5.41) is 7.45. The minimum Gasteiger partial charge on any atom is -0.316 e. The Kier molecular flexibility index (Phi) is 2.96. The first-order valence-electron chi connectivity index (χ1n) is 5.19. The predicted octanol–water partition coefficient (Wildman–Crippen LogP) is 0.999. The van der Waals surface area contributed by atoms with E-state index in [0.29, 0.717) is 0 Å². The van der Waals surface area contributed by atoms with Crippen LogP contribution in [0.3, 0.4) is 0 Å². The van der Waals surface area contributed by atoms with Crippen molar-refractivity contribution in [2.24, 2.45) is 0 Å². The standard InChI is InChI=1S/C11H15N5/c1-8-4-11(14-7-13-8)16-9(2)10(5-12-3)6-15-16/h4,6-7,12H,5H2,1-3H3. The van der Waals surface area contributed by atoms with Gasteiger partial charge in [-0.25, -0.2) is 14.6 Å². The molecule has 0 fully saturated rings. The molecule has 2 heterocycles. The van der Waals surface area contributed by atoms with Crippen LogP contribution < -0.4 is 5.32 Å². The molecule has 0 saturated carbocycles. The van der Waals surface area contributed by atoms with E-state index >= 15 is 0 Å². The minimum absolute atomic E-state index is 0.812. The molecule has 2 rings (SSSR count). The average molecular weight is 217 g/mol. The highest BCUT2D eigenvalue weighted by Gasteiger charge is 2.08. The molecule has 0 aliphatic heterocycles. The molecule has 1 N–H and O–H groups in total. The van der Waals surface area contributed by atoms with Crippen LogP contribution in [-0.4, -0.2) is 26.8 Å². The second kappa shape index (κ2) is 4.40. The first-order valence-corrected chi connectivity index (χ1v) is 5.19. The summed E-state index contributed by atoms with van der Waals surface area (Å²) in [7, 11) is 1.92. The van der Waals surface area contributed by atoms with Gasteiger partial charge >= 0.3 is 0 Å². The number of hydrogen-bond acceptors (Lipinski definition) is 4. The van der Waals surface area contributed by atoms with E-state index in [-0.39, 0.29) is 0 Å². The van der Waals surface area contributed by atoms with Crippen molar-refractivity contribution in [3.63, 3.8) is 0 Å². The van der Waals surface area contributed by atoms with E-state index in [9.17, 15) is 0 Å². The summed E-state index contributed by atoms with van der Waals surface area (Å²) in [6.07, 6.45) is 3.42. The average Bonchev–Trinajstić information content (AvgIpc) is 2.61. The van der Waals surface area contributed by atoms with E-state index < -0.39 is 0 Å². The highest BCUT2D eigenvalue weighted by molar-refractivity contribution is 5.28. The van der Waals surface area contributed by atoms with Crippen molar-refractivity contribution in [1.82, 2.24) is 25.1 Å². The normalized spacial score (nSPS) is 10.7. The van der Waals surface area contributed by atoms with Crippen LogP contribution in [-0.2, 0) is 6.54 Å². The molecule has 0 spiro atoms. The Labute approximate surface area is 94.5 Å². The monoisotopic (exact) mass is 217 g/mol. The van der Waals surface area contributed by atoms with Crippen molar-refractivity contribution in [1.29, 1.82) is 0 Å². The number of rotatable bonds is 3. The molecule has 0 amide bonds. The molecule has 2 aromatic rings. The zero-order chi connectivity index (χ0) is 11.5. The van der Waals surface area contributed by atoms with Crippen LogP contribution in [0.1, 0.15) is 17.0 Å². The zero-order valence-electron chi connectivity index (χ0n) is 9.73. The lowest BCUT2D eigenvalue weighted by Crippen LogP contribution is -2.07. The van der Waals surface area contributed by atoms with Gasteiger partial charge in [0, 0.05) is 29.6 Å². The Hall–Kier alpha value is -1.75. The van der Waals surface area contributed by atoms with Crippen molar-refractivity contribution < 1.29 is 0 Å². The molecular weight excluding hydrogens is 202 g/mol. The van der Waals surface area contributed by atoms with Crippen LogP contribution in [0.5, 0.6) is 0 Å². The van der Waals surface area contributed by atoms with Crippen molar-refractivity contribution in [2.75, 3.05) is 7.05 Å². The zero-order valence-corrected chi connectivity index (χ0v) is 9.73. The fourth-order valence-electron chi connectivity index (χ4n) is 1.59. The van der Waals surface area contributed by atoms with E-state index in [0.717, 1.165) is 23.8 Å². The van der Waals surface area contributed by atoms with Crippen LogP contribution in [0.2, 0.25) is 0 Å². The molecule has 16 heavy (non-hydrogen) atoms. The molecular formula is C11H15N5. The summed E-state index contributed by atoms with van der Waals surface area (Å²) in [4.78, 5) is 8.29. The molecule has 5 heteroatoms. The first-order chi connectivity index (χ1) is 7.72. The molecule has 84 valence electrons. The van der Waals surface area contributed by atoms with Crippen LogP contribution in [0.4, 0.5) is 0 Å². The molecule has 0 bridgehead atoms. The molecule has 2 aromatic heterocycles. The third-order valence-corrected chi connectivity index (χ3v) is 2.49. The highest BCUT2D eigenvalue weighted by atomic mass is 15.3. The minimum atomic E-state index is 0.812. The molecule has 0 saturated heterocycles. The molecule has 0 radical (unpaired) electrons. The maximum atomic E-state index is 4.33. The molecule has 0 aromatic carbocycles. The van der Waals surface area contributed by atoms with Gasteiger partial charge in [0.1, 0.15) is 6.33 Å². The summed E-state index contributed by atoms with van der Waals surface area (Å²) in [6.45, 7) is 4.80. The maximum absolute atomic E-state index is 4.33. The number of aryl methyl sites for hydroxylation is 1. The van der Waals surface area contributed by atoms with Crippen LogP contribution in [0, 0.1) is 13.8 Å². The third-order valence-electron chi connectivity index (χ3n) is 2.49. The quantitative estimate of drug-likeness (QED) is 0.833. The summed E-state index contributed by atoms with van der Waals surface area (Å²) in [5.74, 6) is 0.812. The second-order valence-electron chi connectivity index (χ2n) is 3.71. The van der Waals surface area contributed by atoms with E-state index in [1.165, 1.54) is 5.56 Å². The molecule has 0 aliphatic carbocycles. The topological polar surface area (TPSA) is 55.6 Å². The van der Waals surface area contributed by atoms with Crippen molar-refractivity contribution >= 4 is 0 Å². The number of hydrogen-bond donors (Lipinski definition) is 1. The molecule has 0 aliphatic rings. The van der Waals surface area contributed by atoms with Crippen molar-refractivity contribution in [3.05, 3.63) is 35.5 Å². The van der Waals surface area contributed by atoms with Gasteiger partial charge in [-0.15, -0.1) is 0 Å². The number of nitrogens with zero attached hydrogens (tertiary/aromatic N) is 4. The lowest BCUT2D eigenvalue weighted by atomic mass is 10.2. The summed E-state index contributed by atoms with van der Waals surface area (Å²) >= 11 is 0. The van der Waals surface area contributed by atoms with Crippen molar-refractivity contribution in [3.8, 4) is 5.82 Å². The Morgan fingerprint density at radius 2 is 2.12 bits per heavy atom. The fourth-order valence-corrected chi connectivity index (χ4v) is 1.59. The predicted molar refractivity (Wildman–Crippen MR) is 61.4 cm³/mol. The van der Waals surface area contributed by atoms with Crippen molar-refractivity contribution in [2.45, 2.75) is 20.4 Å². The van der Waals surface area contributed by atoms with E-state index in [2.05, 4.69) is 20.4 Å². The van der Waals surface area contributed by atoms with Gasteiger partial charge < -0.3 is 5.32 Å². The van der Waals surface area contributed by atoms with Gasteiger partial charge in [-0.2, -0.15) is 5.10 Å². The Bertz CT molecular complexity index is 489. The maximum Gasteiger partial charge on any atom is 0.157 e. The summed E-state index contributed by atoms with van der Waals surface area (Å²) in [6, 6.07) is 1.92. The Balaban J connectivity index is 2.41. The second-order valence-corrected chi connectivity index (χ2v) is 3.71. The van der Waals surface area contributed by atoms with Crippen LogP contribution in [0.25, 0.3) is 5.82 Å². The van der Waals surface area contributed by atoms with E-state index in [4.69, 9.17) is 0 Å². The van der Waals surface area contributed by atoms with Gasteiger partial charge in [0.15, 0.2) is 5.82 Å². The molecule has 0 unspecified atom stereocenters. The third kappa shape index (κ3) is 1.94. The molecule has 0 atom stereocenters. The SMILES string of the molecule is CNCc1cnn(-c2cc(C)ncn2)c1C. The Morgan fingerprint density at radius 1 is 1.31 bits per heavy atom. The van der Waals surface area contributed by atoms with Gasteiger partial charge in [-0.05, 0) is 20.9 Å². The highest BCUT2D eigenvalue weighted by Crippen LogP contribution is 2.12. The van der Waals surface area contributed by atoms with E-state index in [1.54, 1.807) is 6.33 Å². The summed E-state index contributed by atoms with van der Waals surface area (Å²) in [5.41, 5.74) is 3.22. The van der Waals surface area contributed by atoms with Crippen LogP contribution in [0.15, 0.2) is 18.6 Å².